The fourth-order valence-corrected chi connectivity index (χ4v) is 2.42. The molecule has 0 saturated heterocycles. The second-order valence-electron chi connectivity index (χ2n) is 5.06. The first-order valence-electron chi connectivity index (χ1n) is 6.45. The van der Waals surface area contributed by atoms with E-state index in [4.69, 9.17) is 5.73 Å². The second-order valence-corrected chi connectivity index (χ2v) is 5.06. The Kier molecular flexibility index (Phi) is 2.82. The summed E-state index contributed by atoms with van der Waals surface area (Å²) in [6.07, 6.45) is 1.97. The number of rotatable bonds is 2. The van der Waals surface area contributed by atoms with Crippen LogP contribution in [-0.2, 0) is 0 Å². The Bertz CT molecular complexity index is 773. The first kappa shape index (κ1) is 12.5. The average Bonchev–Trinajstić information content (AvgIpc) is 2.79. The third kappa shape index (κ3) is 1.97. The lowest BCUT2D eigenvalue weighted by atomic mass is 10.0. The maximum atomic E-state index is 5.68. The Morgan fingerprint density at radius 3 is 2.70 bits per heavy atom. The lowest BCUT2D eigenvalue weighted by Gasteiger charge is -2.17. The van der Waals surface area contributed by atoms with Crippen LogP contribution in [0.1, 0.15) is 5.56 Å². The van der Waals surface area contributed by atoms with Crippen LogP contribution in [-0.4, -0.2) is 28.7 Å². The average molecular weight is 267 g/mol. The number of nitrogens with zero attached hydrogens (tertiary/aromatic N) is 4. The van der Waals surface area contributed by atoms with Gasteiger partial charge in [0.25, 0.3) is 0 Å². The number of nitrogens with two attached hydrogens (primary N) is 1. The zero-order valence-electron chi connectivity index (χ0n) is 11.8. The molecule has 2 heterocycles. The number of nitrogen functional groups attached to an aromatic ring is 1. The van der Waals surface area contributed by atoms with Gasteiger partial charge in [0.05, 0.1) is 0 Å². The van der Waals surface area contributed by atoms with Crippen LogP contribution in [0, 0.1) is 6.92 Å². The number of hydrogen-bond acceptors (Lipinski definition) is 4. The summed E-state index contributed by atoms with van der Waals surface area (Å²) in [5.41, 5.74) is 11.0. The Morgan fingerprint density at radius 2 is 1.95 bits per heavy atom. The minimum atomic E-state index is 0.297. The lowest BCUT2D eigenvalue weighted by molar-refractivity contribution is 0.964. The van der Waals surface area contributed by atoms with Crippen LogP contribution in [0.15, 0.2) is 36.5 Å². The van der Waals surface area contributed by atoms with Crippen LogP contribution in [0.2, 0.25) is 0 Å². The minimum Gasteiger partial charge on any atom is -0.377 e. The van der Waals surface area contributed by atoms with E-state index in [-0.39, 0.29) is 0 Å². The Balaban J connectivity index is 2.25. The maximum Gasteiger partial charge on any atom is 0.240 e. The fourth-order valence-electron chi connectivity index (χ4n) is 2.42. The largest absolute Gasteiger partial charge is 0.377 e. The predicted molar refractivity (Wildman–Crippen MR) is 81.9 cm³/mol. The summed E-state index contributed by atoms with van der Waals surface area (Å²) in [6.45, 7) is 2.02. The molecule has 0 radical (unpaired) electrons. The monoisotopic (exact) mass is 267 g/mol. The molecule has 0 bridgehead atoms. The molecule has 3 aromatic rings. The van der Waals surface area contributed by atoms with Crippen LogP contribution in [0.25, 0.3) is 16.8 Å². The molecular formula is C15H17N5. The summed E-state index contributed by atoms with van der Waals surface area (Å²) in [7, 11) is 4.08. The van der Waals surface area contributed by atoms with E-state index in [2.05, 4.69) is 33.2 Å². The molecule has 0 amide bonds. The van der Waals surface area contributed by atoms with Gasteiger partial charge in [-0.05, 0) is 24.6 Å². The molecule has 102 valence electrons. The molecule has 2 aromatic heterocycles. The molecule has 5 nitrogen and oxygen atoms in total. The number of aryl methyl sites for hydroxylation is 1. The number of hydrogen-bond donors (Lipinski definition) is 1. The smallest absolute Gasteiger partial charge is 0.240 e. The highest BCUT2D eigenvalue weighted by Crippen LogP contribution is 2.30. The zero-order chi connectivity index (χ0) is 14.3. The van der Waals surface area contributed by atoms with Crippen molar-refractivity contribution in [1.82, 2.24) is 14.6 Å². The summed E-state index contributed by atoms with van der Waals surface area (Å²) < 4.78 is 1.74. The van der Waals surface area contributed by atoms with Gasteiger partial charge in [-0.1, -0.05) is 18.2 Å². The molecular weight excluding hydrogens is 250 g/mol. The molecule has 0 atom stereocenters. The number of anilines is 2. The maximum absolute atomic E-state index is 5.68. The highest BCUT2D eigenvalue weighted by molar-refractivity contribution is 5.79. The van der Waals surface area contributed by atoms with E-state index >= 15 is 0 Å². The molecule has 3 rings (SSSR count). The third-order valence-electron chi connectivity index (χ3n) is 3.33. The molecule has 0 aliphatic rings. The van der Waals surface area contributed by atoms with Crippen molar-refractivity contribution >= 4 is 17.3 Å². The summed E-state index contributed by atoms with van der Waals surface area (Å²) in [4.78, 5) is 6.33. The molecule has 0 aliphatic heterocycles. The third-order valence-corrected chi connectivity index (χ3v) is 3.33. The van der Waals surface area contributed by atoms with Crippen LogP contribution in [0.5, 0.6) is 0 Å². The molecule has 0 saturated carbocycles. The van der Waals surface area contributed by atoms with Gasteiger partial charge in [0.1, 0.15) is 0 Å². The van der Waals surface area contributed by atoms with E-state index in [1.165, 1.54) is 5.69 Å². The molecule has 0 unspecified atom stereocenters. The fraction of sp³-hybridized carbons (Fsp3) is 0.200. The summed E-state index contributed by atoms with van der Waals surface area (Å²) in [6, 6.07) is 10.4. The van der Waals surface area contributed by atoms with Crippen LogP contribution in [0.3, 0.4) is 0 Å². The number of pyridine rings is 1. The van der Waals surface area contributed by atoms with Gasteiger partial charge in [-0.25, -0.2) is 4.52 Å². The standard InChI is InChI=1S/C15H17N5/c1-10-8-11(9-20-14(10)17-15(16)18-20)12-6-4-5-7-13(12)19(2)3/h4-9H,1-3H3,(H2,16,18). The van der Waals surface area contributed by atoms with Gasteiger partial charge >= 0.3 is 0 Å². The summed E-state index contributed by atoms with van der Waals surface area (Å²) >= 11 is 0. The molecule has 20 heavy (non-hydrogen) atoms. The number of aromatic nitrogens is 3. The number of para-hydroxylation sites is 1. The first-order valence-corrected chi connectivity index (χ1v) is 6.45. The topological polar surface area (TPSA) is 59.5 Å². The highest BCUT2D eigenvalue weighted by atomic mass is 15.3. The predicted octanol–water partition coefficient (Wildman–Crippen LogP) is 2.35. The number of fused-ring (bicyclic) bond motifs is 1. The first-order chi connectivity index (χ1) is 9.56. The number of benzene rings is 1. The lowest BCUT2D eigenvalue weighted by Crippen LogP contribution is -2.10. The van der Waals surface area contributed by atoms with Crippen molar-refractivity contribution in [2.45, 2.75) is 6.92 Å². The SMILES string of the molecule is Cc1cc(-c2ccccc2N(C)C)cn2nc(N)nc12. The summed E-state index contributed by atoms with van der Waals surface area (Å²) in [5.74, 6) is 0.297. The molecule has 0 aliphatic carbocycles. The van der Waals surface area contributed by atoms with Crippen molar-refractivity contribution < 1.29 is 0 Å². The van der Waals surface area contributed by atoms with Crippen molar-refractivity contribution in [3.8, 4) is 11.1 Å². The van der Waals surface area contributed by atoms with E-state index in [9.17, 15) is 0 Å². The van der Waals surface area contributed by atoms with Gasteiger partial charge in [0, 0.05) is 37.1 Å². The van der Waals surface area contributed by atoms with Crippen molar-refractivity contribution in [3.63, 3.8) is 0 Å². The van der Waals surface area contributed by atoms with Crippen LogP contribution < -0.4 is 10.6 Å². The van der Waals surface area contributed by atoms with Gasteiger partial charge in [0.2, 0.25) is 5.95 Å². The molecule has 0 fully saturated rings. The van der Waals surface area contributed by atoms with Gasteiger partial charge in [0.15, 0.2) is 5.65 Å². The van der Waals surface area contributed by atoms with Crippen molar-refractivity contribution in [3.05, 3.63) is 42.1 Å². The van der Waals surface area contributed by atoms with Crippen LogP contribution in [0.4, 0.5) is 11.6 Å². The van der Waals surface area contributed by atoms with Crippen molar-refractivity contribution in [1.29, 1.82) is 0 Å². The van der Waals surface area contributed by atoms with E-state index < -0.39 is 0 Å². The molecule has 0 spiro atoms. The summed E-state index contributed by atoms with van der Waals surface area (Å²) in [5, 5.41) is 4.20. The molecule has 2 N–H and O–H groups in total. The normalized spacial score (nSPS) is 10.9. The van der Waals surface area contributed by atoms with E-state index in [0.717, 1.165) is 22.3 Å². The van der Waals surface area contributed by atoms with Crippen LogP contribution >= 0.6 is 0 Å². The Labute approximate surface area is 117 Å². The quantitative estimate of drug-likeness (QED) is 0.774. The van der Waals surface area contributed by atoms with Gasteiger partial charge in [-0.2, -0.15) is 4.98 Å². The van der Waals surface area contributed by atoms with E-state index in [0.29, 0.717) is 5.95 Å². The second kappa shape index (κ2) is 4.52. The Morgan fingerprint density at radius 1 is 1.20 bits per heavy atom. The van der Waals surface area contributed by atoms with Gasteiger partial charge in [-0.3, -0.25) is 0 Å². The van der Waals surface area contributed by atoms with Gasteiger partial charge < -0.3 is 10.6 Å². The van der Waals surface area contributed by atoms with Crippen molar-refractivity contribution in [2.75, 3.05) is 24.7 Å². The van der Waals surface area contributed by atoms with Gasteiger partial charge in [-0.15, -0.1) is 5.10 Å². The molecule has 1 aromatic carbocycles. The Hall–Kier alpha value is -2.56. The zero-order valence-corrected chi connectivity index (χ0v) is 11.8. The molecule has 5 heteroatoms. The highest BCUT2D eigenvalue weighted by Gasteiger charge is 2.10. The van der Waals surface area contributed by atoms with E-state index in [1.54, 1.807) is 4.52 Å². The minimum absolute atomic E-state index is 0.297. The van der Waals surface area contributed by atoms with E-state index in [1.807, 2.05) is 39.3 Å². The van der Waals surface area contributed by atoms with Crippen molar-refractivity contribution in [2.24, 2.45) is 0 Å².